The fourth-order valence-electron chi connectivity index (χ4n) is 2.65. The van der Waals surface area contributed by atoms with Crippen LogP contribution >= 0.6 is 0 Å². The van der Waals surface area contributed by atoms with Gasteiger partial charge in [0.05, 0.1) is 17.1 Å². The van der Waals surface area contributed by atoms with Gasteiger partial charge in [-0.3, -0.25) is 9.13 Å². The lowest BCUT2D eigenvalue weighted by Crippen LogP contribution is -2.19. The molecule has 0 fully saturated rings. The molecule has 0 aliphatic rings. The molecule has 0 bridgehead atoms. The second kappa shape index (κ2) is 5.21. The average Bonchev–Trinajstić information content (AvgIpc) is 2.63. The molecular weight excluding hydrogens is 240 g/mol. The van der Waals surface area contributed by atoms with Gasteiger partial charge >= 0.3 is 5.69 Å². The maximum absolute atomic E-state index is 11.9. The Balaban J connectivity index is 2.47. The van der Waals surface area contributed by atoms with Crippen LogP contribution in [0, 0.1) is 5.92 Å². The van der Waals surface area contributed by atoms with Gasteiger partial charge in [-0.15, -0.1) is 0 Å². The van der Waals surface area contributed by atoms with Gasteiger partial charge in [0, 0.05) is 14.1 Å². The van der Waals surface area contributed by atoms with E-state index in [1.807, 2.05) is 18.2 Å². The maximum atomic E-state index is 11.9. The summed E-state index contributed by atoms with van der Waals surface area (Å²) in [7, 11) is 3.52. The number of hydrogen-bond donors (Lipinski definition) is 1. The number of hydrogen-bond acceptors (Lipinski definition) is 2. The molecule has 104 valence electrons. The zero-order chi connectivity index (χ0) is 14.2. The van der Waals surface area contributed by atoms with Crippen molar-refractivity contribution in [2.75, 3.05) is 0 Å². The Morgan fingerprint density at radius 1 is 1.21 bits per heavy atom. The molecule has 1 N–H and O–H groups in total. The van der Waals surface area contributed by atoms with Crippen LogP contribution < -0.4 is 5.69 Å². The minimum atomic E-state index is -0.473. The lowest BCUT2D eigenvalue weighted by molar-refractivity contribution is 0.112. The van der Waals surface area contributed by atoms with Gasteiger partial charge in [0.2, 0.25) is 0 Å². The van der Waals surface area contributed by atoms with Gasteiger partial charge < -0.3 is 5.11 Å². The van der Waals surface area contributed by atoms with Crippen molar-refractivity contribution in [1.29, 1.82) is 0 Å². The predicted molar refractivity (Wildman–Crippen MR) is 77.2 cm³/mol. The largest absolute Gasteiger partial charge is 0.388 e. The molecule has 2 aromatic rings. The van der Waals surface area contributed by atoms with Gasteiger partial charge in [-0.05, 0) is 30.0 Å². The highest BCUT2D eigenvalue weighted by Crippen LogP contribution is 2.27. The van der Waals surface area contributed by atoms with Gasteiger partial charge in [-0.1, -0.05) is 26.3 Å². The van der Waals surface area contributed by atoms with Crippen LogP contribution in [0.5, 0.6) is 0 Å². The number of rotatable bonds is 4. The number of aryl methyl sites for hydroxylation is 2. The molecule has 4 nitrogen and oxygen atoms in total. The minimum Gasteiger partial charge on any atom is -0.388 e. The normalized spacial score (nSPS) is 14.8. The van der Waals surface area contributed by atoms with E-state index in [1.165, 1.54) is 0 Å². The summed E-state index contributed by atoms with van der Waals surface area (Å²) < 4.78 is 3.25. The van der Waals surface area contributed by atoms with Crippen LogP contribution in [0.3, 0.4) is 0 Å². The highest BCUT2D eigenvalue weighted by atomic mass is 16.3. The fourth-order valence-corrected chi connectivity index (χ4v) is 2.65. The van der Waals surface area contributed by atoms with E-state index in [4.69, 9.17) is 0 Å². The van der Waals surface area contributed by atoms with Gasteiger partial charge in [-0.25, -0.2) is 4.79 Å². The topological polar surface area (TPSA) is 47.2 Å². The first kappa shape index (κ1) is 13.9. The summed E-state index contributed by atoms with van der Waals surface area (Å²) >= 11 is 0. The van der Waals surface area contributed by atoms with Crippen LogP contribution in [0.2, 0.25) is 0 Å². The quantitative estimate of drug-likeness (QED) is 0.919. The van der Waals surface area contributed by atoms with Crippen LogP contribution in [0.15, 0.2) is 23.0 Å². The second-order valence-corrected chi connectivity index (χ2v) is 5.36. The first-order valence-electron chi connectivity index (χ1n) is 6.80. The molecule has 0 radical (unpaired) electrons. The SMILES string of the molecule is CCCC(C)C(O)c1ccc2c(c1)n(C)c(=O)n2C. The van der Waals surface area contributed by atoms with Crippen LogP contribution in [-0.2, 0) is 14.1 Å². The highest BCUT2D eigenvalue weighted by Gasteiger charge is 2.17. The van der Waals surface area contributed by atoms with E-state index in [1.54, 1.807) is 23.2 Å². The summed E-state index contributed by atoms with van der Waals surface area (Å²) in [6.07, 6.45) is 1.58. The Kier molecular flexibility index (Phi) is 3.80. The Labute approximate surface area is 113 Å². The van der Waals surface area contributed by atoms with E-state index >= 15 is 0 Å². The summed E-state index contributed by atoms with van der Waals surface area (Å²) in [5, 5.41) is 10.4. The Hall–Kier alpha value is -1.55. The molecule has 0 aliphatic heterocycles. The average molecular weight is 262 g/mol. The van der Waals surface area contributed by atoms with E-state index in [2.05, 4.69) is 13.8 Å². The van der Waals surface area contributed by atoms with Crippen molar-refractivity contribution >= 4 is 11.0 Å². The van der Waals surface area contributed by atoms with E-state index in [0.29, 0.717) is 0 Å². The molecule has 0 saturated carbocycles. The molecule has 1 aromatic carbocycles. The lowest BCUT2D eigenvalue weighted by Gasteiger charge is -2.18. The Morgan fingerprint density at radius 3 is 2.47 bits per heavy atom. The van der Waals surface area contributed by atoms with Crippen molar-refractivity contribution in [1.82, 2.24) is 9.13 Å². The number of aliphatic hydroxyl groups is 1. The van der Waals surface area contributed by atoms with Crippen LogP contribution in [-0.4, -0.2) is 14.2 Å². The molecule has 0 aliphatic carbocycles. The van der Waals surface area contributed by atoms with Gasteiger partial charge in [0.1, 0.15) is 0 Å². The molecule has 0 spiro atoms. The number of aliphatic hydroxyl groups excluding tert-OH is 1. The number of aromatic nitrogens is 2. The van der Waals surface area contributed by atoms with Crippen LogP contribution in [0.1, 0.15) is 38.4 Å². The number of nitrogens with zero attached hydrogens (tertiary/aromatic N) is 2. The highest BCUT2D eigenvalue weighted by molar-refractivity contribution is 5.76. The lowest BCUT2D eigenvalue weighted by atomic mass is 9.93. The van der Waals surface area contributed by atoms with Crippen molar-refractivity contribution < 1.29 is 5.11 Å². The standard InChI is InChI=1S/C15H22N2O2/c1-5-6-10(2)14(18)11-7-8-12-13(9-11)17(4)15(19)16(12)3/h7-10,14,18H,5-6H2,1-4H3. The number of imidazole rings is 1. The van der Waals surface area contributed by atoms with E-state index in [0.717, 1.165) is 29.4 Å². The third kappa shape index (κ3) is 2.32. The van der Waals surface area contributed by atoms with Crippen molar-refractivity contribution in [3.63, 3.8) is 0 Å². The Bertz CT molecular complexity index is 639. The van der Waals surface area contributed by atoms with Crippen molar-refractivity contribution in [2.24, 2.45) is 20.0 Å². The number of benzene rings is 1. The van der Waals surface area contributed by atoms with Crippen LogP contribution in [0.4, 0.5) is 0 Å². The van der Waals surface area contributed by atoms with Crippen molar-refractivity contribution in [3.8, 4) is 0 Å². The first-order chi connectivity index (χ1) is 8.97. The zero-order valence-corrected chi connectivity index (χ0v) is 12.1. The molecule has 2 atom stereocenters. The molecule has 2 unspecified atom stereocenters. The molecule has 1 aromatic heterocycles. The molecular formula is C15H22N2O2. The summed E-state index contributed by atoms with van der Waals surface area (Å²) in [5.41, 5.74) is 2.61. The summed E-state index contributed by atoms with van der Waals surface area (Å²) in [6, 6.07) is 5.75. The van der Waals surface area contributed by atoms with Crippen LogP contribution in [0.25, 0.3) is 11.0 Å². The summed E-state index contributed by atoms with van der Waals surface area (Å²) in [5.74, 6) is 0.225. The third-order valence-corrected chi connectivity index (χ3v) is 3.92. The summed E-state index contributed by atoms with van der Waals surface area (Å²) in [4.78, 5) is 11.9. The molecule has 0 saturated heterocycles. The predicted octanol–water partition coefficient (Wildman–Crippen LogP) is 2.35. The molecule has 19 heavy (non-hydrogen) atoms. The van der Waals surface area contributed by atoms with Crippen molar-refractivity contribution in [3.05, 3.63) is 34.2 Å². The third-order valence-electron chi connectivity index (χ3n) is 3.92. The monoisotopic (exact) mass is 262 g/mol. The Morgan fingerprint density at radius 2 is 1.84 bits per heavy atom. The van der Waals surface area contributed by atoms with Gasteiger partial charge in [0.25, 0.3) is 0 Å². The van der Waals surface area contributed by atoms with E-state index in [-0.39, 0.29) is 11.6 Å². The molecule has 2 rings (SSSR count). The summed E-state index contributed by atoms with van der Waals surface area (Å²) in [6.45, 7) is 4.18. The fraction of sp³-hybridized carbons (Fsp3) is 0.533. The molecule has 4 heteroatoms. The molecule has 0 amide bonds. The second-order valence-electron chi connectivity index (χ2n) is 5.36. The van der Waals surface area contributed by atoms with Crippen molar-refractivity contribution in [2.45, 2.75) is 32.8 Å². The zero-order valence-electron chi connectivity index (χ0n) is 12.1. The van der Waals surface area contributed by atoms with Gasteiger partial charge in [-0.2, -0.15) is 0 Å². The van der Waals surface area contributed by atoms with E-state index in [9.17, 15) is 9.90 Å². The van der Waals surface area contributed by atoms with Gasteiger partial charge in [0.15, 0.2) is 0 Å². The van der Waals surface area contributed by atoms with E-state index < -0.39 is 6.10 Å². The maximum Gasteiger partial charge on any atom is 0.328 e. The minimum absolute atomic E-state index is 0.0387. The first-order valence-corrected chi connectivity index (χ1v) is 6.80. The molecule has 1 heterocycles. The smallest absolute Gasteiger partial charge is 0.328 e. The number of fused-ring (bicyclic) bond motifs is 1.